The van der Waals surface area contributed by atoms with Crippen LogP contribution in [0, 0.1) is 12.7 Å². The van der Waals surface area contributed by atoms with E-state index in [9.17, 15) is 22.0 Å². The lowest BCUT2D eigenvalue weighted by Gasteiger charge is -2.16. The van der Waals surface area contributed by atoms with E-state index >= 15 is 0 Å². The molecule has 0 aliphatic rings. The molecule has 0 bridgehead atoms. The molecule has 0 spiro atoms. The molecule has 0 aliphatic heterocycles. The molecule has 0 saturated heterocycles. The molecular weight excluding hydrogens is 453 g/mol. The summed E-state index contributed by atoms with van der Waals surface area (Å²) in [6, 6.07) is 7.56. The highest BCUT2D eigenvalue weighted by Gasteiger charge is 2.15. The van der Waals surface area contributed by atoms with Gasteiger partial charge >= 0.3 is 13.2 Å². The molecule has 33 heavy (non-hydrogen) atoms. The van der Waals surface area contributed by atoms with Crippen molar-refractivity contribution in [2.24, 2.45) is 0 Å². The Kier molecular flexibility index (Phi) is 8.55. The van der Waals surface area contributed by atoms with Gasteiger partial charge in [-0.05, 0) is 30.7 Å². The third kappa shape index (κ3) is 7.12. The highest BCUT2D eigenvalue weighted by molar-refractivity contribution is 5.93. The fourth-order valence-electron chi connectivity index (χ4n) is 2.82. The molecule has 12 heteroatoms. The van der Waals surface area contributed by atoms with E-state index in [4.69, 9.17) is 9.47 Å². The number of alkyl halides is 4. The van der Waals surface area contributed by atoms with Crippen LogP contribution in [0.5, 0.6) is 11.5 Å². The summed E-state index contributed by atoms with van der Waals surface area (Å²) in [5.41, 5.74) is 1.30. The number of nitrogens with zero attached hydrogens (tertiary/aromatic N) is 2. The second-order valence-corrected chi connectivity index (χ2v) is 6.61. The molecule has 0 unspecified atom stereocenters. The van der Waals surface area contributed by atoms with Gasteiger partial charge in [-0.25, -0.2) is 14.4 Å². The van der Waals surface area contributed by atoms with E-state index in [2.05, 4.69) is 24.8 Å². The number of fused-ring (bicyclic) bond motifs is 1. The van der Waals surface area contributed by atoms with Gasteiger partial charge in [0.2, 0.25) is 0 Å². The monoisotopic (exact) mass is 473 g/mol. The van der Waals surface area contributed by atoms with Gasteiger partial charge in [0, 0.05) is 11.5 Å². The fraction of sp³-hybridized carbons (Fsp3) is 0.333. The topological polar surface area (TPSA) is 74.7 Å². The van der Waals surface area contributed by atoms with Crippen molar-refractivity contribution in [2.45, 2.75) is 20.1 Å². The maximum Gasteiger partial charge on any atom is 0.345 e. The Balaban J connectivity index is 1.88. The summed E-state index contributed by atoms with van der Waals surface area (Å²) in [6.45, 7) is -5.44. The molecule has 0 radical (unpaired) electrons. The van der Waals surface area contributed by atoms with E-state index in [0.717, 1.165) is 5.56 Å². The van der Waals surface area contributed by atoms with Crippen molar-refractivity contribution in [2.75, 3.05) is 31.7 Å². The molecule has 0 atom stereocenters. The van der Waals surface area contributed by atoms with E-state index < -0.39 is 32.3 Å². The van der Waals surface area contributed by atoms with Crippen LogP contribution in [0.2, 0.25) is 0 Å². The average molecular weight is 473 g/mol. The molecule has 0 saturated carbocycles. The van der Waals surface area contributed by atoms with E-state index in [1.54, 1.807) is 19.1 Å². The zero-order chi connectivity index (χ0) is 23.8. The quantitative estimate of drug-likeness (QED) is 0.291. The Morgan fingerprint density at radius 1 is 0.848 bits per heavy atom. The summed E-state index contributed by atoms with van der Waals surface area (Å²) in [5.74, 6) is -0.0198. The van der Waals surface area contributed by atoms with Crippen LogP contribution in [-0.2, 0) is 9.47 Å². The first kappa shape index (κ1) is 24.4. The number of benzene rings is 2. The van der Waals surface area contributed by atoms with E-state index in [1.807, 2.05) is 0 Å². The van der Waals surface area contributed by atoms with Gasteiger partial charge in [-0.2, -0.15) is 17.6 Å². The minimum Gasteiger partial charge on any atom is -0.487 e. The Morgan fingerprint density at radius 3 is 2.09 bits per heavy atom. The summed E-state index contributed by atoms with van der Waals surface area (Å²) in [4.78, 5) is 8.28. The summed E-state index contributed by atoms with van der Waals surface area (Å²) in [7, 11) is 0. The predicted molar refractivity (Wildman–Crippen MR) is 109 cm³/mol. The maximum absolute atomic E-state index is 14.3. The van der Waals surface area contributed by atoms with Gasteiger partial charge in [0.1, 0.15) is 31.2 Å². The fourth-order valence-corrected chi connectivity index (χ4v) is 2.82. The van der Waals surface area contributed by atoms with Gasteiger partial charge < -0.3 is 24.3 Å². The lowest BCUT2D eigenvalue weighted by Crippen LogP contribution is -2.12. The molecule has 3 aromatic rings. The summed E-state index contributed by atoms with van der Waals surface area (Å²) in [6.07, 6.45) is 1.25. The molecule has 3 rings (SSSR count). The first-order chi connectivity index (χ1) is 15.8. The summed E-state index contributed by atoms with van der Waals surface area (Å²) in [5, 5.41) is 3.30. The van der Waals surface area contributed by atoms with Crippen LogP contribution in [0.4, 0.5) is 33.5 Å². The SMILES string of the molecule is Cc1ccc(Nc2ncnc3cc(OCCOC(F)F)c(OCCOC(F)F)cc23)c(F)c1. The number of rotatable bonds is 12. The highest BCUT2D eigenvalue weighted by Crippen LogP contribution is 2.35. The highest BCUT2D eigenvalue weighted by atomic mass is 19.3. The van der Waals surface area contributed by atoms with Gasteiger partial charge in [-0.15, -0.1) is 0 Å². The standard InChI is InChI=1S/C21H20F5N3O4/c1-12-2-3-15(14(22)8-12)29-19-13-9-17(30-4-6-32-20(23)24)18(10-16(13)27-11-28-19)31-5-7-33-21(25)26/h2-3,8-11,20-21H,4-7H2,1H3,(H,27,28,29). The maximum atomic E-state index is 14.3. The number of hydrogen-bond acceptors (Lipinski definition) is 7. The number of ether oxygens (including phenoxy) is 4. The third-order valence-electron chi connectivity index (χ3n) is 4.25. The minimum absolute atomic E-state index is 0.0969. The van der Waals surface area contributed by atoms with Crippen LogP contribution in [0.1, 0.15) is 5.56 Å². The van der Waals surface area contributed by atoms with Crippen molar-refractivity contribution in [1.29, 1.82) is 0 Å². The number of aryl methyl sites for hydroxylation is 1. The first-order valence-corrected chi connectivity index (χ1v) is 9.70. The molecule has 0 amide bonds. The molecular formula is C21H20F5N3O4. The molecule has 1 aromatic heterocycles. The van der Waals surface area contributed by atoms with Crippen molar-refractivity contribution in [3.05, 3.63) is 48.0 Å². The van der Waals surface area contributed by atoms with Gasteiger partial charge in [-0.3, -0.25) is 0 Å². The Hall–Kier alpha value is -3.25. The van der Waals surface area contributed by atoms with Crippen LogP contribution in [0.25, 0.3) is 10.9 Å². The second kappa shape index (κ2) is 11.6. The Labute approximate surface area is 185 Å². The number of anilines is 2. The van der Waals surface area contributed by atoms with Crippen LogP contribution in [0.15, 0.2) is 36.7 Å². The first-order valence-electron chi connectivity index (χ1n) is 9.70. The second-order valence-electron chi connectivity index (χ2n) is 6.61. The molecule has 0 aliphatic carbocycles. The largest absolute Gasteiger partial charge is 0.487 e. The van der Waals surface area contributed by atoms with Gasteiger partial charge in [-0.1, -0.05) is 6.07 Å². The van der Waals surface area contributed by atoms with Crippen molar-refractivity contribution < 1.29 is 40.9 Å². The normalized spacial score (nSPS) is 11.4. The number of aromatic nitrogens is 2. The van der Waals surface area contributed by atoms with Crippen molar-refractivity contribution in [3.8, 4) is 11.5 Å². The predicted octanol–water partition coefficient (Wildman–Crippen LogP) is 5.06. The number of nitrogens with one attached hydrogen (secondary N) is 1. The van der Waals surface area contributed by atoms with Crippen molar-refractivity contribution >= 4 is 22.4 Å². The molecule has 2 aromatic carbocycles. The molecule has 7 nitrogen and oxygen atoms in total. The van der Waals surface area contributed by atoms with E-state index in [1.165, 1.54) is 24.5 Å². The Bertz CT molecular complexity index is 1070. The molecule has 178 valence electrons. The number of hydrogen-bond donors (Lipinski definition) is 1. The van der Waals surface area contributed by atoms with Gasteiger partial charge in [0.05, 0.1) is 24.4 Å². The third-order valence-corrected chi connectivity index (χ3v) is 4.25. The van der Waals surface area contributed by atoms with Crippen molar-refractivity contribution in [1.82, 2.24) is 9.97 Å². The zero-order valence-electron chi connectivity index (χ0n) is 17.4. The number of halogens is 5. The summed E-state index contributed by atoms with van der Waals surface area (Å²) >= 11 is 0. The zero-order valence-corrected chi connectivity index (χ0v) is 17.4. The van der Waals surface area contributed by atoms with Crippen LogP contribution in [-0.4, -0.2) is 49.6 Å². The lowest BCUT2D eigenvalue weighted by molar-refractivity contribution is -0.134. The molecule has 1 N–H and O–H groups in total. The van der Waals surface area contributed by atoms with Crippen molar-refractivity contribution in [3.63, 3.8) is 0 Å². The van der Waals surface area contributed by atoms with E-state index in [0.29, 0.717) is 10.9 Å². The minimum atomic E-state index is -2.96. The molecule has 0 fully saturated rings. The Morgan fingerprint density at radius 2 is 1.48 bits per heavy atom. The smallest absolute Gasteiger partial charge is 0.345 e. The van der Waals surface area contributed by atoms with E-state index in [-0.39, 0.29) is 36.2 Å². The average Bonchev–Trinajstić information content (AvgIpc) is 2.76. The van der Waals surface area contributed by atoms with Gasteiger partial charge in [0.15, 0.2) is 11.5 Å². The summed E-state index contributed by atoms with van der Waals surface area (Å²) < 4.78 is 82.3. The van der Waals surface area contributed by atoms with Crippen LogP contribution < -0.4 is 14.8 Å². The van der Waals surface area contributed by atoms with Crippen LogP contribution in [0.3, 0.4) is 0 Å². The van der Waals surface area contributed by atoms with Crippen LogP contribution >= 0.6 is 0 Å². The van der Waals surface area contributed by atoms with Gasteiger partial charge in [0.25, 0.3) is 0 Å². The molecule has 1 heterocycles. The lowest BCUT2D eigenvalue weighted by atomic mass is 10.2.